The standard InChI is InChI=1S/C22H20N2O4/c25-21(19-8-4-7-18(15-19)16-5-2-1-3-6-16)23-13-14-28-20-11-9-17(10-12-20)22(26)24-27/h1-12,15,27H,13-14H2,(H,23,25)(H,24,26). The summed E-state index contributed by atoms with van der Waals surface area (Å²) in [7, 11) is 0. The summed E-state index contributed by atoms with van der Waals surface area (Å²) in [5.41, 5.74) is 4.51. The highest BCUT2D eigenvalue weighted by Crippen LogP contribution is 2.20. The first-order chi connectivity index (χ1) is 13.7. The van der Waals surface area contributed by atoms with Crippen LogP contribution in [0.1, 0.15) is 20.7 Å². The van der Waals surface area contributed by atoms with Gasteiger partial charge in [-0.2, -0.15) is 0 Å². The van der Waals surface area contributed by atoms with E-state index in [-0.39, 0.29) is 12.5 Å². The Morgan fingerprint density at radius 2 is 1.50 bits per heavy atom. The smallest absolute Gasteiger partial charge is 0.274 e. The van der Waals surface area contributed by atoms with Crippen molar-refractivity contribution in [2.24, 2.45) is 0 Å². The molecule has 0 fully saturated rings. The molecule has 2 amide bonds. The number of nitrogens with one attached hydrogen (secondary N) is 2. The maximum Gasteiger partial charge on any atom is 0.274 e. The number of ether oxygens (including phenoxy) is 1. The summed E-state index contributed by atoms with van der Waals surface area (Å²) in [5.74, 6) is -0.192. The van der Waals surface area contributed by atoms with Gasteiger partial charge in [-0.1, -0.05) is 42.5 Å². The van der Waals surface area contributed by atoms with Gasteiger partial charge in [-0.3, -0.25) is 14.8 Å². The van der Waals surface area contributed by atoms with Gasteiger partial charge in [0.25, 0.3) is 11.8 Å². The molecule has 0 aromatic heterocycles. The monoisotopic (exact) mass is 376 g/mol. The van der Waals surface area contributed by atoms with Gasteiger partial charge in [-0.25, -0.2) is 5.48 Å². The van der Waals surface area contributed by atoms with Crippen molar-refractivity contribution in [1.29, 1.82) is 0 Å². The molecule has 0 spiro atoms. The van der Waals surface area contributed by atoms with Gasteiger partial charge in [0.1, 0.15) is 12.4 Å². The molecule has 3 aromatic rings. The molecule has 3 aromatic carbocycles. The molecule has 0 heterocycles. The summed E-state index contributed by atoms with van der Waals surface area (Å²) in [6.07, 6.45) is 0. The van der Waals surface area contributed by atoms with Gasteiger partial charge in [0, 0.05) is 11.1 Å². The Labute approximate surface area is 162 Å². The fraction of sp³-hybridized carbons (Fsp3) is 0.0909. The maximum atomic E-state index is 12.4. The van der Waals surface area contributed by atoms with Crippen molar-refractivity contribution in [3.8, 4) is 16.9 Å². The van der Waals surface area contributed by atoms with Gasteiger partial charge in [-0.15, -0.1) is 0 Å². The van der Waals surface area contributed by atoms with Crippen molar-refractivity contribution in [2.45, 2.75) is 0 Å². The number of hydroxylamine groups is 1. The molecule has 28 heavy (non-hydrogen) atoms. The minimum atomic E-state index is -0.587. The van der Waals surface area contributed by atoms with Crippen LogP contribution in [0.25, 0.3) is 11.1 Å². The summed E-state index contributed by atoms with van der Waals surface area (Å²) in [4.78, 5) is 23.6. The first-order valence-electron chi connectivity index (χ1n) is 8.78. The van der Waals surface area contributed by atoms with Gasteiger partial charge in [0.2, 0.25) is 0 Å². The number of benzene rings is 3. The molecular formula is C22H20N2O4. The highest BCUT2D eigenvalue weighted by Gasteiger charge is 2.07. The third-order valence-corrected chi connectivity index (χ3v) is 4.11. The Balaban J connectivity index is 1.50. The molecule has 0 atom stereocenters. The van der Waals surface area contributed by atoms with E-state index in [9.17, 15) is 9.59 Å². The molecule has 0 unspecified atom stereocenters. The Morgan fingerprint density at radius 1 is 0.786 bits per heavy atom. The molecule has 3 N–H and O–H groups in total. The van der Waals surface area contributed by atoms with E-state index in [1.807, 2.05) is 48.5 Å². The van der Waals surface area contributed by atoms with Crippen molar-refractivity contribution >= 4 is 11.8 Å². The van der Waals surface area contributed by atoms with Crippen LogP contribution >= 0.6 is 0 Å². The van der Waals surface area contributed by atoms with Gasteiger partial charge >= 0.3 is 0 Å². The van der Waals surface area contributed by atoms with Gasteiger partial charge < -0.3 is 10.1 Å². The Hall–Kier alpha value is -3.64. The molecule has 0 radical (unpaired) electrons. The second-order valence-electron chi connectivity index (χ2n) is 6.02. The molecule has 6 nitrogen and oxygen atoms in total. The molecule has 0 aliphatic heterocycles. The molecule has 0 saturated carbocycles. The van der Waals surface area contributed by atoms with Crippen LogP contribution in [0.5, 0.6) is 5.75 Å². The first-order valence-corrected chi connectivity index (χ1v) is 8.78. The predicted molar refractivity (Wildman–Crippen MR) is 105 cm³/mol. The Morgan fingerprint density at radius 3 is 2.21 bits per heavy atom. The molecular weight excluding hydrogens is 356 g/mol. The lowest BCUT2D eigenvalue weighted by atomic mass is 10.0. The van der Waals surface area contributed by atoms with Crippen molar-refractivity contribution in [3.63, 3.8) is 0 Å². The van der Waals surface area contributed by atoms with Crippen molar-refractivity contribution < 1.29 is 19.5 Å². The molecule has 142 valence electrons. The van der Waals surface area contributed by atoms with Crippen molar-refractivity contribution in [1.82, 2.24) is 10.8 Å². The van der Waals surface area contributed by atoms with E-state index in [2.05, 4.69) is 5.32 Å². The van der Waals surface area contributed by atoms with E-state index in [1.54, 1.807) is 23.7 Å². The van der Waals surface area contributed by atoms with Crippen LogP contribution in [0.3, 0.4) is 0 Å². The predicted octanol–water partition coefficient (Wildman–Crippen LogP) is 3.28. The van der Waals surface area contributed by atoms with Crippen LogP contribution < -0.4 is 15.5 Å². The lowest BCUT2D eigenvalue weighted by Crippen LogP contribution is -2.28. The molecule has 0 saturated heterocycles. The van der Waals surface area contributed by atoms with Gasteiger partial charge in [0.05, 0.1) is 6.54 Å². The summed E-state index contributed by atoms with van der Waals surface area (Å²) >= 11 is 0. The van der Waals surface area contributed by atoms with Crippen LogP contribution in [0.15, 0.2) is 78.9 Å². The number of hydrogen-bond donors (Lipinski definition) is 3. The zero-order chi connectivity index (χ0) is 19.8. The largest absolute Gasteiger partial charge is 0.492 e. The topological polar surface area (TPSA) is 87.7 Å². The van der Waals surface area contributed by atoms with E-state index >= 15 is 0 Å². The quantitative estimate of drug-likeness (QED) is 0.335. The molecule has 6 heteroatoms. The number of amides is 2. The number of carbonyl (C=O) groups is 2. The summed E-state index contributed by atoms with van der Waals surface area (Å²) in [5, 5.41) is 11.4. The second kappa shape index (κ2) is 9.34. The van der Waals surface area contributed by atoms with Gasteiger partial charge in [0.15, 0.2) is 0 Å². The molecule has 3 rings (SSSR count). The summed E-state index contributed by atoms with van der Waals surface area (Å²) in [6, 6.07) is 23.6. The minimum Gasteiger partial charge on any atom is -0.492 e. The second-order valence-corrected chi connectivity index (χ2v) is 6.02. The third kappa shape index (κ3) is 4.96. The fourth-order valence-corrected chi connectivity index (χ4v) is 2.67. The zero-order valence-corrected chi connectivity index (χ0v) is 15.1. The van der Waals surface area contributed by atoms with Crippen LogP contribution in [0, 0.1) is 0 Å². The van der Waals surface area contributed by atoms with Crippen LogP contribution in [0.4, 0.5) is 0 Å². The van der Waals surface area contributed by atoms with Crippen LogP contribution in [-0.2, 0) is 0 Å². The number of rotatable bonds is 7. The molecule has 0 aliphatic carbocycles. The average molecular weight is 376 g/mol. The van der Waals surface area contributed by atoms with Crippen LogP contribution in [-0.4, -0.2) is 30.2 Å². The first kappa shape index (κ1) is 19.1. The summed E-state index contributed by atoms with van der Waals surface area (Å²) < 4.78 is 5.54. The highest BCUT2D eigenvalue weighted by molar-refractivity contribution is 5.95. The highest BCUT2D eigenvalue weighted by atomic mass is 16.5. The Kier molecular flexibility index (Phi) is 6.38. The molecule has 0 bridgehead atoms. The maximum absolute atomic E-state index is 12.4. The van der Waals surface area contributed by atoms with Gasteiger partial charge in [-0.05, 0) is 47.5 Å². The SMILES string of the molecule is O=C(NO)c1ccc(OCCNC(=O)c2cccc(-c3ccccc3)c2)cc1. The summed E-state index contributed by atoms with van der Waals surface area (Å²) in [6.45, 7) is 0.628. The number of hydrogen-bond acceptors (Lipinski definition) is 4. The number of carbonyl (C=O) groups excluding carboxylic acids is 2. The fourth-order valence-electron chi connectivity index (χ4n) is 2.67. The van der Waals surface area contributed by atoms with Crippen molar-refractivity contribution in [2.75, 3.05) is 13.2 Å². The Bertz CT molecular complexity index is 940. The lowest BCUT2D eigenvalue weighted by Gasteiger charge is -2.09. The van der Waals surface area contributed by atoms with E-state index in [4.69, 9.17) is 9.94 Å². The van der Waals surface area contributed by atoms with E-state index in [0.717, 1.165) is 11.1 Å². The zero-order valence-electron chi connectivity index (χ0n) is 15.1. The third-order valence-electron chi connectivity index (χ3n) is 4.11. The normalized spacial score (nSPS) is 10.2. The molecule has 0 aliphatic rings. The van der Waals surface area contributed by atoms with Crippen molar-refractivity contribution in [3.05, 3.63) is 90.0 Å². The van der Waals surface area contributed by atoms with E-state index in [0.29, 0.717) is 23.4 Å². The van der Waals surface area contributed by atoms with E-state index < -0.39 is 5.91 Å². The lowest BCUT2D eigenvalue weighted by molar-refractivity contribution is 0.0706. The minimum absolute atomic E-state index is 0.170. The van der Waals surface area contributed by atoms with E-state index in [1.165, 1.54) is 12.1 Å². The van der Waals surface area contributed by atoms with Crippen LogP contribution in [0.2, 0.25) is 0 Å². The average Bonchev–Trinajstić information content (AvgIpc) is 2.77.